The Kier molecular flexibility index (Phi) is 9.07. The number of hydrogen-bond donors (Lipinski definition) is 1. The minimum absolute atomic E-state index is 0. The molecule has 2 fully saturated rings. The maximum absolute atomic E-state index is 12.2. The van der Waals surface area contributed by atoms with Crippen LogP contribution in [0.15, 0.2) is 12.4 Å². The Morgan fingerprint density at radius 1 is 1.24 bits per heavy atom. The van der Waals surface area contributed by atoms with Crippen LogP contribution >= 0.6 is 24.8 Å². The molecule has 0 radical (unpaired) electrons. The van der Waals surface area contributed by atoms with Gasteiger partial charge in [0, 0.05) is 56.6 Å². The molecule has 6 nitrogen and oxygen atoms in total. The number of halogens is 2. The van der Waals surface area contributed by atoms with Gasteiger partial charge in [0.15, 0.2) is 0 Å². The van der Waals surface area contributed by atoms with Gasteiger partial charge in [-0.15, -0.1) is 24.8 Å². The monoisotopic (exact) mass is 389 g/mol. The lowest BCUT2D eigenvalue weighted by molar-refractivity contribution is -0.141. The molecule has 2 N–H and O–H groups in total. The Bertz CT molecular complexity index is 542. The fourth-order valence-electron chi connectivity index (χ4n) is 3.88. The molecular weight excluding hydrogens is 361 g/mol. The minimum atomic E-state index is 0. The second-order valence-corrected chi connectivity index (χ2v) is 6.76. The summed E-state index contributed by atoms with van der Waals surface area (Å²) in [5.74, 6) is 1.72. The van der Waals surface area contributed by atoms with Crippen molar-refractivity contribution in [1.82, 2.24) is 19.8 Å². The zero-order valence-corrected chi connectivity index (χ0v) is 16.4. The summed E-state index contributed by atoms with van der Waals surface area (Å²) >= 11 is 0. The molecule has 2 aliphatic heterocycles. The number of carbonyl (C=O) groups excluding carboxylic acids is 1. The summed E-state index contributed by atoms with van der Waals surface area (Å²) in [6.07, 6.45) is 7.52. The zero-order valence-electron chi connectivity index (χ0n) is 14.8. The molecule has 0 unspecified atom stereocenters. The lowest BCUT2D eigenvalue weighted by atomic mass is 9.83. The van der Waals surface area contributed by atoms with Gasteiger partial charge in [-0.25, -0.2) is 9.97 Å². The smallest absolute Gasteiger partial charge is 0.222 e. The van der Waals surface area contributed by atoms with E-state index < -0.39 is 0 Å². The Balaban J connectivity index is 0.00000156. The van der Waals surface area contributed by atoms with Crippen LogP contribution in [0, 0.1) is 12.8 Å². The molecule has 0 saturated carbocycles. The molecule has 1 amide bonds. The number of aryl methyl sites for hydroxylation is 1. The zero-order chi connectivity index (χ0) is 16.2. The number of hydrogen-bond acceptors (Lipinski definition) is 5. The van der Waals surface area contributed by atoms with Crippen LogP contribution in [-0.2, 0) is 11.3 Å². The maximum Gasteiger partial charge on any atom is 0.222 e. The third kappa shape index (κ3) is 5.51. The molecule has 1 aromatic rings. The van der Waals surface area contributed by atoms with Crippen molar-refractivity contribution in [2.75, 3.05) is 26.2 Å². The van der Waals surface area contributed by atoms with Crippen LogP contribution in [0.3, 0.4) is 0 Å². The van der Waals surface area contributed by atoms with Crippen LogP contribution in [0.4, 0.5) is 0 Å². The van der Waals surface area contributed by atoms with Gasteiger partial charge in [0.25, 0.3) is 0 Å². The highest BCUT2D eigenvalue weighted by molar-refractivity contribution is 5.85. The summed E-state index contributed by atoms with van der Waals surface area (Å²) in [7, 11) is 0. The molecule has 2 saturated heterocycles. The van der Waals surface area contributed by atoms with E-state index in [-0.39, 0.29) is 24.8 Å². The van der Waals surface area contributed by atoms with E-state index in [1.54, 1.807) is 0 Å². The number of fused-ring (bicyclic) bond motifs is 1. The SMILES string of the molecule is Cc1ncc(CN2CC[C@@H]3[C@@H](CCC(=O)N3CCCN)C2)cn1.Cl.Cl. The molecule has 25 heavy (non-hydrogen) atoms. The second kappa shape index (κ2) is 10.3. The second-order valence-electron chi connectivity index (χ2n) is 6.76. The van der Waals surface area contributed by atoms with Gasteiger partial charge in [-0.2, -0.15) is 0 Å². The standard InChI is InChI=1S/C17H27N5O.2ClH/c1-13-19-9-14(10-20-13)11-21-8-5-16-15(12-21)3-4-17(23)22(16)7-2-6-18;;/h9-10,15-16H,2-8,11-12,18H2,1H3;2*1H/t15-,16+;;/m0../s1. The first-order valence-corrected chi connectivity index (χ1v) is 8.67. The van der Waals surface area contributed by atoms with Gasteiger partial charge < -0.3 is 10.6 Å². The Labute approximate surface area is 162 Å². The van der Waals surface area contributed by atoms with Crippen molar-refractivity contribution in [3.63, 3.8) is 0 Å². The number of likely N-dealkylation sites (tertiary alicyclic amines) is 2. The molecule has 0 aliphatic carbocycles. The van der Waals surface area contributed by atoms with Crippen molar-refractivity contribution in [1.29, 1.82) is 0 Å². The number of carbonyl (C=O) groups is 1. The normalized spacial score (nSPS) is 23.4. The van der Waals surface area contributed by atoms with Crippen LogP contribution < -0.4 is 5.73 Å². The van der Waals surface area contributed by atoms with E-state index in [4.69, 9.17) is 5.73 Å². The number of rotatable bonds is 5. The molecule has 142 valence electrons. The fourth-order valence-corrected chi connectivity index (χ4v) is 3.88. The summed E-state index contributed by atoms with van der Waals surface area (Å²) in [6, 6.07) is 0.410. The van der Waals surface area contributed by atoms with E-state index in [2.05, 4.69) is 19.8 Å². The van der Waals surface area contributed by atoms with Gasteiger partial charge in [-0.3, -0.25) is 9.69 Å². The molecule has 2 aliphatic rings. The Morgan fingerprint density at radius 2 is 1.96 bits per heavy atom. The van der Waals surface area contributed by atoms with Gasteiger partial charge in [0.1, 0.15) is 5.82 Å². The average Bonchev–Trinajstić information content (AvgIpc) is 2.56. The third-order valence-corrected chi connectivity index (χ3v) is 5.07. The molecule has 3 rings (SSSR count). The van der Waals surface area contributed by atoms with E-state index in [1.165, 1.54) is 5.56 Å². The van der Waals surface area contributed by atoms with E-state index in [0.29, 0.717) is 30.8 Å². The van der Waals surface area contributed by atoms with Crippen molar-refractivity contribution in [3.05, 3.63) is 23.8 Å². The van der Waals surface area contributed by atoms with Crippen LogP contribution in [0.2, 0.25) is 0 Å². The lowest BCUT2D eigenvalue weighted by Crippen LogP contribution is -2.56. The molecule has 2 atom stereocenters. The predicted molar refractivity (Wildman–Crippen MR) is 103 cm³/mol. The lowest BCUT2D eigenvalue weighted by Gasteiger charge is -2.47. The quantitative estimate of drug-likeness (QED) is 0.830. The molecule has 0 spiro atoms. The highest BCUT2D eigenvalue weighted by Crippen LogP contribution is 2.31. The van der Waals surface area contributed by atoms with E-state index in [0.717, 1.165) is 51.3 Å². The van der Waals surface area contributed by atoms with E-state index >= 15 is 0 Å². The van der Waals surface area contributed by atoms with Gasteiger partial charge in [-0.05, 0) is 38.6 Å². The van der Waals surface area contributed by atoms with Crippen LogP contribution in [0.5, 0.6) is 0 Å². The molecule has 3 heterocycles. The van der Waals surface area contributed by atoms with Gasteiger partial charge in [0.05, 0.1) is 0 Å². The first-order chi connectivity index (χ1) is 11.2. The number of nitrogens with two attached hydrogens (primary N) is 1. The van der Waals surface area contributed by atoms with Gasteiger partial charge >= 0.3 is 0 Å². The molecule has 8 heteroatoms. The van der Waals surface area contributed by atoms with Crippen LogP contribution in [-0.4, -0.2) is 57.9 Å². The van der Waals surface area contributed by atoms with Crippen molar-refractivity contribution in [3.8, 4) is 0 Å². The summed E-state index contributed by atoms with van der Waals surface area (Å²) in [6.45, 7) is 6.37. The highest BCUT2D eigenvalue weighted by atomic mass is 35.5. The number of aromatic nitrogens is 2. The molecule has 0 bridgehead atoms. The summed E-state index contributed by atoms with van der Waals surface area (Å²) < 4.78 is 0. The first kappa shape index (κ1) is 22.1. The van der Waals surface area contributed by atoms with E-state index in [1.807, 2.05) is 19.3 Å². The summed E-state index contributed by atoms with van der Waals surface area (Å²) in [5.41, 5.74) is 6.79. The van der Waals surface area contributed by atoms with Crippen molar-refractivity contribution < 1.29 is 4.79 Å². The van der Waals surface area contributed by atoms with Crippen molar-refractivity contribution in [2.45, 2.75) is 45.2 Å². The number of amides is 1. The highest BCUT2D eigenvalue weighted by Gasteiger charge is 2.38. The van der Waals surface area contributed by atoms with Crippen molar-refractivity contribution >= 4 is 30.7 Å². The summed E-state index contributed by atoms with van der Waals surface area (Å²) in [4.78, 5) is 25.4. The first-order valence-electron chi connectivity index (χ1n) is 8.67. The topological polar surface area (TPSA) is 75.4 Å². The van der Waals surface area contributed by atoms with Crippen LogP contribution in [0.1, 0.15) is 37.1 Å². The summed E-state index contributed by atoms with van der Waals surface area (Å²) in [5, 5.41) is 0. The Morgan fingerprint density at radius 3 is 2.64 bits per heavy atom. The molecule has 1 aromatic heterocycles. The largest absolute Gasteiger partial charge is 0.339 e. The molecular formula is C17H29Cl2N5O. The number of nitrogens with zero attached hydrogens (tertiary/aromatic N) is 4. The van der Waals surface area contributed by atoms with Crippen LogP contribution in [0.25, 0.3) is 0 Å². The van der Waals surface area contributed by atoms with Gasteiger partial charge in [-0.1, -0.05) is 0 Å². The predicted octanol–water partition coefficient (Wildman–Crippen LogP) is 1.79. The molecule has 0 aromatic carbocycles. The van der Waals surface area contributed by atoms with Gasteiger partial charge in [0.2, 0.25) is 5.91 Å². The van der Waals surface area contributed by atoms with E-state index in [9.17, 15) is 4.79 Å². The fraction of sp³-hybridized carbons (Fsp3) is 0.706. The Hall–Kier alpha value is -0.950. The van der Waals surface area contributed by atoms with Crippen molar-refractivity contribution in [2.24, 2.45) is 11.7 Å². The third-order valence-electron chi connectivity index (χ3n) is 5.07. The number of piperidine rings is 2. The average molecular weight is 390 g/mol. The minimum Gasteiger partial charge on any atom is -0.339 e. The maximum atomic E-state index is 12.2.